The second kappa shape index (κ2) is 5.06. The van der Waals surface area contributed by atoms with Crippen LogP contribution in [0.4, 0.5) is 5.69 Å². The van der Waals surface area contributed by atoms with E-state index in [9.17, 15) is 9.59 Å². The maximum atomic E-state index is 12.2. The van der Waals surface area contributed by atoms with Gasteiger partial charge in [-0.1, -0.05) is 12.1 Å². The van der Waals surface area contributed by atoms with E-state index >= 15 is 0 Å². The molecular formula is C16H19NO4. The molecule has 1 saturated carbocycles. The number of ether oxygens (including phenoxy) is 2. The van der Waals surface area contributed by atoms with E-state index in [1.165, 1.54) is 6.92 Å². The Labute approximate surface area is 123 Å². The monoisotopic (exact) mass is 289 g/mol. The molecule has 1 aliphatic heterocycles. The highest BCUT2D eigenvalue weighted by Crippen LogP contribution is 2.53. The molecule has 0 N–H and O–H groups in total. The summed E-state index contributed by atoms with van der Waals surface area (Å²) >= 11 is 0. The molecule has 0 bridgehead atoms. The van der Waals surface area contributed by atoms with Crippen molar-refractivity contribution in [3.63, 3.8) is 0 Å². The highest BCUT2D eigenvalue weighted by atomic mass is 16.5. The molecule has 21 heavy (non-hydrogen) atoms. The second-order valence-corrected chi connectivity index (χ2v) is 5.61. The van der Waals surface area contributed by atoms with Crippen LogP contribution in [0.3, 0.4) is 0 Å². The molecule has 1 aromatic carbocycles. The van der Waals surface area contributed by atoms with E-state index in [2.05, 4.69) is 0 Å². The topological polar surface area (TPSA) is 55.8 Å². The van der Waals surface area contributed by atoms with Gasteiger partial charge in [0.2, 0.25) is 5.91 Å². The van der Waals surface area contributed by atoms with Gasteiger partial charge < -0.3 is 14.4 Å². The van der Waals surface area contributed by atoms with Gasteiger partial charge in [0.1, 0.15) is 11.9 Å². The number of para-hydroxylation sites is 1. The number of benzene rings is 1. The van der Waals surface area contributed by atoms with E-state index < -0.39 is 0 Å². The minimum Gasteiger partial charge on any atom is -0.495 e. The number of fused-ring (bicyclic) bond motifs is 3. The Morgan fingerprint density at radius 3 is 2.62 bits per heavy atom. The van der Waals surface area contributed by atoms with Crippen LogP contribution in [0.1, 0.15) is 38.2 Å². The van der Waals surface area contributed by atoms with Crippen molar-refractivity contribution in [2.45, 2.75) is 44.8 Å². The zero-order valence-corrected chi connectivity index (χ0v) is 12.5. The van der Waals surface area contributed by atoms with Gasteiger partial charge in [0.05, 0.1) is 18.8 Å². The predicted molar refractivity (Wildman–Crippen MR) is 77.5 cm³/mol. The third-order valence-electron chi connectivity index (χ3n) is 4.40. The normalized spacial score (nSPS) is 26.2. The van der Waals surface area contributed by atoms with Gasteiger partial charge in [0.25, 0.3) is 0 Å². The van der Waals surface area contributed by atoms with Crippen LogP contribution >= 0.6 is 0 Å². The molecule has 0 unspecified atom stereocenters. The zero-order valence-electron chi connectivity index (χ0n) is 12.5. The molecular weight excluding hydrogens is 270 g/mol. The fourth-order valence-electron chi connectivity index (χ4n) is 3.75. The molecule has 1 amide bonds. The van der Waals surface area contributed by atoms with Gasteiger partial charge in [-0.25, -0.2) is 0 Å². The summed E-state index contributed by atoms with van der Waals surface area (Å²) in [6.45, 7) is 2.95. The number of carbonyl (C=O) groups excluding carboxylic acids is 2. The summed E-state index contributed by atoms with van der Waals surface area (Å²) in [7, 11) is 1.60. The Bertz CT molecular complexity index is 598. The van der Waals surface area contributed by atoms with Gasteiger partial charge in [-0.2, -0.15) is 0 Å². The summed E-state index contributed by atoms with van der Waals surface area (Å²) in [6.07, 6.45) is 1.45. The van der Waals surface area contributed by atoms with Gasteiger partial charge in [-0.05, 0) is 24.5 Å². The lowest BCUT2D eigenvalue weighted by molar-refractivity contribution is -0.147. The van der Waals surface area contributed by atoms with E-state index in [-0.39, 0.29) is 29.9 Å². The smallest absolute Gasteiger partial charge is 0.302 e. The average Bonchev–Trinajstić information content (AvgIpc) is 2.96. The summed E-state index contributed by atoms with van der Waals surface area (Å²) in [4.78, 5) is 25.2. The maximum Gasteiger partial charge on any atom is 0.302 e. The van der Waals surface area contributed by atoms with Crippen LogP contribution in [-0.4, -0.2) is 31.1 Å². The fourth-order valence-corrected chi connectivity index (χ4v) is 3.75. The van der Waals surface area contributed by atoms with E-state index in [1.807, 2.05) is 18.2 Å². The first-order valence-electron chi connectivity index (χ1n) is 7.18. The van der Waals surface area contributed by atoms with Crippen molar-refractivity contribution in [1.29, 1.82) is 0 Å². The van der Waals surface area contributed by atoms with Crippen molar-refractivity contribution >= 4 is 17.6 Å². The zero-order chi connectivity index (χ0) is 15.1. The summed E-state index contributed by atoms with van der Waals surface area (Å²) in [5.74, 6) is 0.557. The Balaban J connectivity index is 2.07. The summed E-state index contributed by atoms with van der Waals surface area (Å²) in [5, 5.41) is 0. The molecule has 3 rings (SSSR count). The minimum absolute atomic E-state index is 0.0488. The minimum atomic E-state index is -0.299. The number of methoxy groups -OCH3 is 1. The van der Waals surface area contributed by atoms with Crippen LogP contribution in [0.5, 0.6) is 5.75 Å². The Morgan fingerprint density at radius 1 is 1.24 bits per heavy atom. The van der Waals surface area contributed by atoms with Crippen LogP contribution in [0, 0.1) is 0 Å². The molecule has 1 fully saturated rings. The van der Waals surface area contributed by atoms with Crippen LogP contribution in [0.25, 0.3) is 0 Å². The van der Waals surface area contributed by atoms with E-state index in [4.69, 9.17) is 9.47 Å². The molecule has 0 aromatic heterocycles. The SMILES string of the molecule is COc1cccc2c1N(C(C)=O)[C@@H]1[C@@H]2CC[C@H]1OC(C)=O. The number of amides is 1. The van der Waals surface area contributed by atoms with Crippen molar-refractivity contribution in [2.24, 2.45) is 0 Å². The third-order valence-corrected chi connectivity index (χ3v) is 4.40. The number of rotatable bonds is 2. The molecule has 3 atom stereocenters. The van der Waals surface area contributed by atoms with Gasteiger partial charge in [0, 0.05) is 19.8 Å². The molecule has 5 nitrogen and oxygen atoms in total. The number of anilines is 1. The van der Waals surface area contributed by atoms with E-state index in [0.717, 1.165) is 24.1 Å². The van der Waals surface area contributed by atoms with Gasteiger partial charge >= 0.3 is 5.97 Å². The summed E-state index contributed by atoms with van der Waals surface area (Å²) in [5.41, 5.74) is 1.95. The van der Waals surface area contributed by atoms with Gasteiger partial charge in [-0.15, -0.1) is 0 Å². The van der Waals surface area contributed by atoms with Crippen LogP contribution in [0.15, 0.2) is 18.2 Å². The van der Waals surface area contributed by atoms with Crippen LogP contribution in [0.2, 0.25) is 0 Å². The van der Waals surface area contributed by atoms with Crippen molar-refractivity contribution in [3.05, 3.63) is 23.8 Å². The summed E-state index contributed by atoms with van der Waals surface area (Å²) in [6, 6.07) is 5.72. The van der Waals surface area contributed by atoms with Gasteiger partial charge in [0.15, 0.2) is 0 Å². The molecule has 0 saturated heterocycles. The molecule has 1 heterocycles. The van der Waals surface area contributed by atoms with Crippen molar-refractivity contribution in [1.82, 2.24) is 0 Å². The number of nitrogens with zero attached hydrogens (tertiary/aromatic N) is 1. The molecule has 112 valence electrons. The van der Waals surface area contributed by atoms with Crippen molar-refractivity contribution in [2.75, 3.05) is 12.0 Å². The number of carbonyl (C=O) groups is 2. The molecule has 5 heteroatoms. The Kier molecular flexibility index (Phi) is 3.35. The first-order chi connectivity index (χ1) is 10.0. The summed E-state index contributed by atoms with van der Waals surface area (Å²) < 4.78 is 10.9. The largest absolute Gasteiger partial charge is 0.495 e. The highest BCUT2D eigenvalue weighted by Gasteiger charge is 2.51. The van der Waals surface area contributed by atoms with Crippen LogP contribution < -0.4 is 9.64 Å². The lowest BCUT2D eigenvalue weighted by Crippen LogP contribution is -2.44. The molecule has 1 aliphatic carbocycles. The lowest BCUT2D eigenvalue weighted by atomic mass is 9.97. The molecule has 2 aliphatic rings. The fraction of sp³-hybridized carbons (Fsp3) is 0.500. The van der Waals surface area contributed by atoms with Crippen molar-refractivity contribution in [3.8, 4) is 5.75 Å². The van der Waals surface area contributed by atoms with Gasteiger partial charge in [-0.3, -0.25) is 9.59 Å². The molecule has 1 aromatic rings. The first-order valence-corrected chi connectivity index (χ1v) is 7.18. The Hall–Kier alpha value is -2.04. The van der Waals surface area contributed by atoms with Crippen LogP contribution in [-0.2, 0) is 14.3 Å². The maximum absolute atomic E-state index is 12.2. The standard InChI is InChI=1S/C16H19NO4/c1-9(18)17-15-11(5-4-6-13(15)20-3)12-7-8-14(16(12)17)21-10(2)19/h4-6,12,14,16H,7-8H2,1-3H3/t12-,14-,16-/m1/s1. The molecule has 0 spiro atoms. The predicted octanol–water partition coefficient (Wildman–Crippen LogP) is 2.24. The second-order valence-electron chi connectivity index (χ2n) is 5.61. The van der Waals surface area contributed by atoms with Crippen molar-refractivity contribution < 1.29 is 19.1 Å². The average molecular weight is 289 g/mol. The van der Waals surface area contributed by atoms with E-state index in [0.29, 0.717) is 5.75 Å². The number of esters is 1. The number of hydrogen-bond donors (Lipinski definition) is 0. The highest BCUT2D eigenvalue weighted by molar-refractivity contribution is 5.97. The lowest BCUT2D eigenvalue weighted by Gasteiger charge is -2.29. The quantitative estimate of drug-likeness (QED) is 0.784. The Morgan fingerprint density at radius 2 is 2.00 bits per heavy atom. The third kappa shape index (κ3) is 2.07. The molecule has 0 radical (unpaired) electrons. The van der Waals surface area contributed by atoms with E-state index in [1.54, 1.807) is 18.9 Å². The number of hydrogen-bond acceptors (Lipinski definition) is 4. The first kappa shape index (κ1) is 13.9.